The van der Waals surface area contributed by atoms with Crippen LogP contribution < -0.4 is 0 Å². The first-order valence-corrected chi connectivity index (χ1v) is 8.27. The molecule has 0 aliphatic rings. The summed E-state index contributed by atoms with van der Waals surface area (Å²) in [7, 11) is 0. The molecule has 0 aromatic rings. The first-order valence-electron chi connectivity index (χ1n) is 8.27. The van der Waals surface area contributed by atoms with Gasteiger partial charge in [-0.05, 0) is 12.5 Å². The first-order chi connectivity index (χ1) is 11.2. The minimum Gasteiger partial charge on any atom is -0.478 e. The van der Waals surface area contributed by atoms with Crippen molar-refractivity contribution in [2.45, 2.75) is 51.9 Å². The van der Waals surface area contributed by atoms with Crippen LogP contribution in [-0.2, 0) is 9.59 Å². The Labute approximate surface area is 139 Å². The van der Waals surface area contributed by atoms with Crippen molar-refractivity contribution in [3.63, 3.8) is 0 Å². The number of hydrogen-bond donors (Lipinski definition) is 1. The van der Waals surface area contributed by atoms with E-state index in [9.17, 15) is 9.59 Å². The molecule has 0 fully saturated rings. The maximum atomic E-state index is 11.6. The van der Waals surface area contributed by atoms with Crippen molar-refractivity contribution >= 4 is 11.8 Å². The molecule has 0 aromatic carbocycles. The monoisotopic (exact) mass is 316 g/mol. The lowest BCUT2D eigenvalue weighted by Crippen LogP contribution is -1.91. The third kappa shape index (κ3) is 17.8. The fourth-order valence-electron chi connectivity index (χ4n) is 1.85. The molecule has 0 aliphatic heterocycles. The number of rotatable bonds is 13. The molecule has 0 bridgehead atoms. The molecule has 0 saturated carbocycles. The van der Waals surface area contributed by atoms with Gasteiger partial charge in [0, 0.05) is 12.5 Å². The summed E-state index contributed by atoms with van der Waals surface area (Å²) in [4.78, 5) is 21.8. The van der Waals surface area contributed by atoms with E-state index in [0.717, 1.165) is 18.9 Å². The van der Waals surface area contributed by atoms with E-state index in [0.29, 0.717) is 6.42 Å². The number of unbranched alkanes of at least 4 members (excludes halogenated alkanes) is 5. The highest BCUT2D eigenvalue weighted by Crippen LogP contribution is 2.07. The van der Waals surface area contributed by atoms with Gasteiger partial charge in [0.1, 0.15) is 0 Å². The maximum absolute atomic E-state index is 11.6. The van der Waals surface area contributed by atoms with Crippen LogP contribution in [0.3, 0.4) is 0 Å². The molecule has 0 amide bonds. The predicted octanol–water partition coefficient (Wildman–Crippen LogP) is 5.17. The van der Waals surface area contributed by atoms with E-state index in [1.165, 1.54) is 31.8 Å². The Hall–Kier alpha value is -2.16. The summed E-state index contributed by atoms with van der Waals surface area (Å²) in [6, 6.07) is 0. The van der Waals surface area contributed by atoms with Crippen LogP contribution in [0.15, 0.2) is 60.8 Å². The summed E-state index contributed by atoms with van der Waals surface area (Å²) in [5.41, 5.74) is 0. The van der Waals surface area contributed by atoms with Gasteiger partial charge in [0.15, 0.2) is 5.78 Å². The molecule has 0 unspecified atom stereocenters. The molecule has 0 radical (unpaired) electrons. The van der Waals surface area contributed by atoms with Crippen molar-refractivity contribution in [2.24, 2.45) is 0 Å². The molecule has 23 heavy (non-hydrogen) atoms. The normalized spacial score (nSPS) is 12.6. The molecular formula is C20H28O3. The van der Waals surface area contributed by atoms with E-state index in [4.69, 9.17) is 5.11 Å². The molecule has 3 heteroatoms. The Morgan fingerprint density at radius 3 is 1.74 bits per heavy atom. The van der Waals surface area contributed by atoms with Crippen LogP contribution in [0.1, 0.15) is 51.9 Å². The SMILES string of the molecule is CCCCCCCCC(=O)/C=C/C=C/C=C/C=C/C=C/C(=O)O. The second-order valence-corrected chi connectivity index (χ2v) is 5.20. The molecule has 126 valence electrons. The van der Waals surface area contributed by atoms with Gasteiger partial charge in [-0.1, -0.05) is 87.6 Å². The zero-order valence-electron chi connectivity index (χ0n) is 14.0. The van der Waals surface area contributed by atoms with Crippen LogP contribution in [0.5, 0.6) is 0 Å². The third-order valence-electron chi connectivity index (χ3n) is 3.08. The number of carboxylic acid groups (broad SMARTS) is 1. The van der Waals surface area contributed by atoms with E-state index in [2.05, 4.69) is 6.92 Å². The highest BCUT2D eigenvalue weighted by atomic mass is 16.4. The fourth-order valence-corrected chi connectivity index (χ4v) is 1.85. The smallest absolute Gasteiger partial charge is 0.328 e. The lowest BCUT2D eigenvalue weighted by molar-refractivity contribution is -0.131. The molecule has 0 aliphatic carbocycles. The summed E-state index contributed by atoms with van der Waals surface area (Å²) in [5.74, 6) is -0.790. The van der Waals surface area contributed by atoms with Crippen LogP contribution in [0.25, 0.3) is 0 Å². The molecule has 1 N–H and O–H groups in total. The van der Waals surface area contributed by atoms with Crippen molar-refractivity contribution in [1.29, 1.82) is 0 Å². The summed E-state index contributed by atoms with van der Waals surface area (Å²) in [6.45, 7) is 2.20. The number of ketones is 1. The van der Waals surface area contributed by atoms with Gasteiger partial charge in [0.05, 0.1) is 0 Å². The van der Waals surface area contributed by atoms with Gasteiger partial charge in [0.2, 0.25) is 0 Å². The molecule has 0 spiro atoms. The van der Waals surface area contributed by atoms with E-state index < -0.39 is 5.97 Å². The molecule has 0 atom stereocenters. The second-order valence-electron chi connectivity index (χ2n) is 5.20. The van der Waals surface area contributed by atoms with Crippen LogP contribution in [0, 0.1) is 0 Å². The Kier molecular flexibility index (Phi) is 14.7. The highest BCUT2D eigenvalue weighted by molar-refractivity contribution is 5.89. The highest BCUT2D eigenvalue weighted by Gasteiger charge is 1.95. The standard InChI is InChI=1S/C20H28O3/c1-2-3-4-5-10-13-16-19(21)17-14-11-8-6-7-9-12-15-18-20(22)23/h6-9,11-12,14-15,17-18H,2-5,10,13,16H2,1H3,(H,22,23)/b7-6+,11-8+,12-9+,17-14+,18-15+. The van der Waals surface area contributed by atoms with Gasteiger partial charge >= 0.3 is 5.97 Å². The van der Waals surface area contributed by atoms with Gasteiger partial charge in [-0.15, -0.1) is 0 Å². The van der Waals surface area contributed by atoms with Crippen LogP contribution in [0.2, 0.25) is 0 Å². The van der Waals surface area contributed by atoms with Crippen molar-refractivity contribution in [3.05, 3.63) is 60.8 Å². The third-order valence-corrected chi connectivity index (χ3v) is 3.08. The zero-order chi connectivity index (χ0) is 17.2. The summed E-state index contributed by atoms with van der Waals surface area (Å²) >= 11 is 0. The molecular weight excluding hydrogens is 288 g/mol. The van der Waals surface area contributed by atoms with Gasteiger partial charge in [0.25, 0.3) is 0 Å². The maximum Gasteiger partial charge on any atom is 0.328 e. The van der Waals surface area contributed by atoms with Crippen molar-refractivity contribution in [3.8, 4) is 0 Å². The van der Waals surface area contributed by atoms with Crippen LogP contribution >= 0.6 is 0 Å². The van der Waals surface area contributed by atoms with Crippen molar-refractivity contribution in [1.82, 2.24) is 0 Å². The molecule has 3 nitrogen and oxygen atoms in total. The summed E-state index contributed by atoms with van der Waals surface area (Å²) in [5, 5.41) is 8.38. The van der Waals surface area contributed by atoms with E-state index in [-0.39, 0.29) is 5.78 Å². The Balaban J connectivity index is 3.74. The Bertz CT molecular complexity index is 465. The summed E-state index contributed by atoms with van der Waals surface area (Å²) in [6.07, 6.45) is 24.3. The lowest BCUT2D eigenvalue weighted by Gasteiger charge is -1.98. The summed E-state index contributed by atoms with van der Waals surface area (Å²) < 4.78 is 0. The zero-order valence-corrected chi connectivity index (χ0v) is 14.0. The van der Waals surface area contributed by atoms with Crippen molar-refractivity contribution in [2.75, 3.05) is 0 Å². The topological polar surface area (TPSA) is 54.4 Å². The van der Waals surface area contributed by atoms with E-state index in [1.807, 2.05) is 12.2 Å². The molecule has 0 saturated heterocycles. The predicted molar refractivity (Wildman–Crippen MR) is 96.3 cm³/mol. The van der Waals surface area contributed by atoms with E-state index >= 15 is 0 Å². The van der Waals surface area contributed by atoms with Gasteiger partial charge in [-0.25, -0.2) is 4.79 Å². The molecule has 0 rings (SSSR count). The number of allylic oxidation sites excluding steroid dienone is 9. The number of carboxylic acids is 1. The van der Waals surface area contributed by atoms with Crippen LogP contribution in [-0.4, -0.2) is 16.9 Å². The molecule has 0 heterocycles. The average molecular weight is 316 g/mol. The average Bonchev–Trinajstić information content (AvgIpc) is 2.52. The number of carbonyl (C=O) groups is 2. The number of carbonyl (C=O) groups excluding carboxylic acids is 1. The van der Waals surface area contributed by atoms with E-state index in [1.54, 1.807) is 36.5 Å². The second kappa shape index (κ2) is 16.2. The molecule has 0 aromatic heterocycles. The fraction of sp³-hybridized carbons (Fsp3) is 0.400. The number of hydrogen-bond acceptors (Lipinski definition) is 2. The first kappa shape index (κ1) is 20.8. The Morgan fingerprint density at radius 1 is 0.696 bits per heavy atom. The van der Waals surface area contributed by atoms with Gasteiger partial charge in [-0.3, -0.25) is 4.79 Å². The Morgan fingerprint density at radius 2 is 1.17 bits per heavy atom. The minimum atomic E-state index is -0.964. The van der Waals surface area contributed by atoms with Crippen LogP contribution in [0.4, 0.5) is 0 Å². The van der Waals surface area contributed by atoms with Gasteiger partial charge in [-0.2, -0.15) is 0 Å². The number of aliphatic carboxylic acids is 1. The minimum absolute atomic E-state index is 0.174. The van der Waals surface area contributed by atoms with Gasteiger partial charge < -0.3 is 5.11 Å². The lowest BCUT2D eigenvalue weighted by atomic mass is 10.1. The quantitative estimate of drug-likeness (QED) is 0.290. The van der Waals surface area contributed by atoms with Crippen molar-refractivity contribution < 1.29 is 14.7 Å². The largest absolute Gasteiger partial charge is 0.478 e.